The van der Waals surface area contributed by atoms with Gasteiger partial charge in [0, 0.05) is 6.08 Å². The Balaban J connectivity index is 2.48. The smallest absolute Gasteiger partial charge is 0.330 e. The molecule has 1 atom stereocenters. The van der Waals surface area contributed by atoms with Gasteiger partial charge in [0.25, 0.3) is 0 Å². The van der Waals surface area contributed by atoms with Gasteiger partial charge in [-0.25, -0.2) is 4.79 Å². The molecule has 0 aromatic heterocycles. The Bertz CT molecular complexity index is 272. The molecule has 0 radical (unpaired) electrons. The first-order valence-corrected chi connectivity index (χ1v) is 4.32. The van der Waals surface area contributed by atoms with Crippen LogP contribution in [0.1, 0.15) is 13.3 Å². The van der Waals surface area contributed by atoms with Gasteiger partial charge in [-0.1, -0.05) is 29.9 Å². The molecule has 1 unspecified atom stereocenters. The first kappa shape index (κ1) is 9.78. The highest BCUT2D eigenvalue weighted by Gasteiger charge is 2.05. The first-order valence-electron chi connectivity index (χ1n) is 4.32. The Morgan fingerprint density at radius 3 is 3.08 bits per heavy atom. The third-order valence-corrected chi connectivity index (χ3v) is 1.98. The van der Waals surface area contributed by atoms with Crippen molar-refractivity contribution < 1.29 is 9.53 Å². The molecule has 2 heteroatoms. The first-order chi connectivity index (χ1) is 6.22. The van der Waals surface area contributed by atoms with Gasteiger partial charge in [0.1, 0.15) is 0 Å². The van der Waals surface area contributed by atoms with Crippen molar-refractivity contribution in [2.24, 2.45) is 5.92 Å². The lowest BCUT2D eigenvalue weighted by Crippen LogP contribution is -2.00. The Hall–Kier alpha value is -1.31. The second-order valence-corrected chi connectivity index (χ2v) is 3.15. The van der Waals surface area contributed by atoms with Crippen LogP contribution in [0, 0.1) is 5.92 Å². The Labute approximate surface area is 78.6 Å². The van der Waals surface area contributed by atoms with Crippen LogP contribution in [-0.2, 0) is 9.53 Å². The van der Waals surface area contributed by atoms with E-state index in [1.165, 1.54) is 18.8 Å². The number of hydrogen-bond donors (Lipinski definition) is 0. The fourth-order valence-electron chi connectivity index (χ4n) is 1.27. The molecule has 0 N–H and O–H groups in total. The zero-order valence-electron chi connectivity index (χ0n) is 7.99. The maximum absolute atomic E-state index is 10.8. The maximum Gasteiger partial charge on any atom is 0.330 e. The van der Waals surface area contributed by atoms with Crippen molar-refractivity contribution >= 4 is 5.97 Å². The van der Waals surface area contributed by atoms with E-state index in [2.05, 4.69) is 23.8 Å². The van der Waals surface area contributed by atoms with E-state index in [0.717, 1.165) is 6.42 Å². The molecule has 0 saturated heterocycles. The van der Waals surface area contributed by atoms with Crippen LogP contribution in [0.25, 0.3) is 0 Å². The van der Waals surface area contributed by atoms with E-state index in [1.807, 2.05) is 12.2 Å². The third-order valence-electron chi connectivity index (χ3n) is 1.98. The van der Waals surface area contributed by atoms with Gasteiger partial charge < -0.3 is 4.74 Å². The monoisotopic (exact) mass is 178 g/mol. The van der Waals surface area contributed by atoms with Gasteiger partial charge in [0.05, 0.1) is 7.11 Å². The summed E-state index contributed by atoms with van der Waals surface area (Å²) >= 11 is 0. The fraction of sp³-hybridized carbons (Fsp3) is 0.364. The van der Waals surface area contributed by atoms with E-state index < -0.39 is 0 Å². The van der Waals surface area contributed by atoms with Gasteiger partial charge in [-0.2, -0.15) is 0 Å². The third kappa shape index (κ3) is 3.28. The zero-order chi connectivity index (χ0) is 9.68. The Morgan fingerprint density at radius 2 is 2.46 bits per heavy atom. The summed E-state index contributed by atoms with van der Waals surface area (Å²) in [5.74, 6) is 0.0460. The molecule has 70 valence electrons. The van der Waals surface area contributed by atoms with Crippen molar-refractivity contribution in [3.05, 3.63) is 36.0 Å². The second-order valence-electron chi connectivity index (χ2n) is 3.15. The van der Waals surface area contributed by atoms with Crippen molar-refractivity contribution in [3.63, 3.8) is 0 Å². The minimum absolute atomic E-state index is 0.291. The van der Waals surface area contributed by atoms with Gasteiger partial charge in [0.15, 0.2) is 0 Å². The number of carbonyl (C=O) groups is 1. The predicted octanol–water partition coefficient (Wildman–Crippen LogP) is 2.24. The largest absolute Gasteiger partial charge is 0.466 e. The van der Waals surface area contributed by atoms with Crippen molar-refractivity contribution in [2.75, 3.05) is 7.11 Å². The van der Waals surface area contributed by atoms with Crippen LogP contribution in [0.4, 0.5) is 0 Å². The van der Waals surface area contributed by atoms with Gasteiger partial charge >= 0.3 is 5.97 Å². The molecule has 13 heavy (non-hydrogen) atoms. The number of hydrogen-bond acceptors (Lipinski definition) is 2. The summed E-state index contributed by atoms with van der Waals surface area (Å²) in [5, 5.41) is 0. The predicted molar refractivity (Wildman–Crippen MR) is 52.2 cm³/mol. The molecule has 0 amide bonds. The highest BCUT2D eigenvalue weighted by Crippen LogP contribution is 2.18. The lowest BCUT2D eigenvalue weighted by molar-refractivity contribution is -0.134. The maximum atomic E-state index is 10.8. The van der Waals surface area contributed by atoms with Crippen molar-refractivity contribution in [1.29, 1.82) is 0 Å². The second kappa shape index (κ2) is 4.65. The number of carbonyl (C=O) groups excluding carboxylic acids is 1. The fourth-order valence-corrected chi connectivity index (χ4v) is 1.27. The van der Waals surface area contributed by atoms with E-state index in [1.54, 1.807) is 0 Å². The van der Waals surface area contributed by atoms with Crippen LogP contribution >= 0.6 is 0 Å². The molecule has 1 aliphatic carbocycles. The summed E-state index contributed by atoms with van der Waals surface area (Å²) in [4.78, 5) is 10.8. The van der Waals surface area contributed by atoms with Crippen LogP contribution in [-0.4, -0.2) is 13.1 Å². The molecule has 0 bridgehead atoms. The molecule has 0 spiro atoms. The quantitative estimate of drug-likeness (QED) is 0.479. The molecular weight excluding hydrogens is 164 g/mol. The van der Waals surface area contributed by atoms with Gasteiger partial charge in [-0.3, -0.25) is 0 Å². The van der Waals surface area contributed by atoms with Crippen LogP contribution in [0.2, 0.25) is 0 Å². The molecule has 0 fully saturated rings. The van der Waals surface area contributed by atoms with E-state index in [-0.39, 0.29) is 5.97 Å². The number of allylic oxidation sites excluding steroid dienone is 5. The van der Waals surface area contributed by atoms with E-state index in [9.17, 15) is 4.79 Å². The minimum Gasteiger partial charge on any atom is -0.466 e. The standard InChI is InChI=1S/C11H14O2/c1-9-4-3-5-10(8-9)6-7-11(12)13-2/h3-7,10H,8H2,1-2H3. The van der Waals surface area contributed by atoms with E-state index in [0.29, 0.717) is 5.92 Å². The number of ether oxygens (including phenoxy) is 1. The number of esters is 1. The summed E-state index contributed by atoms with van der Waals surface area (Å²) in [5.41, 5.74) is 1.34. The van der Waals surface area contributed by atoms with Gasteiger partial charge in [-0.05, 0) is 19.3 Å². The SMILES string of the molecule is COC(=O)C=CC1C=CC=C(C)C1. The summed E-state index contributed by atoms with van der Waals surface area (Å²) in [6, 6.07) is 0. The highest BCUT2D eigenvalue weighted by atomic mass is 16.5. The number of methoxy groups -OCH3 is 1. The van der Waals surface area contributed by atoms with Crippen LogP contribution < -0.4 is 0 Å². The average molecular weight is 178 g/mol. The van der Waals surface area contributed by atoms with Crippen molar-refractivity contribution in [2.45, 2.75) is 13.3 Å². The molecular formula is C11H14O2. The van der Waals surface area contributed by atoms with Crippen LogP contribution in [0.5, 0.6) is 0 Å². The molecule has 0 aromatic rings. The lowest BCUT2D eigenvalue weighted by atomic mass is 9.95. The van der Waals surface area contributed by atoms with E-state index >= 15 is 0 Å². The Kier molecular flexibility index (Phi) is 3.50. The minimum atomic E-state index is -0.291. The van der Waals surface area contributed by atoms with Crippen LogP contribution in [0.15, 0.2) is 36.0 Å². The average Bonchev–Trinajstić information content (AvgIpc) is 2.14. The summed E-state index contributed by atoms with van der Waals surface area (Å²) < 4.78 is 4.50. The van der Waals surface area contributed by atoms with E-state index in [4.69, 9.17) is 0 Å². The van der Waals surface area contributed by atoms with Crippen molar-refractivity contribution in [3.8, 4) is 0 Å². The van der Waals surface area contributed by atoms with Gasteiger partial charge in [-0.15, -0.1) is 0 Å². The number of rotatable bonds is 2. The normalized spacial score (nSPS) is 21.7. The zero-order valence-corrected chi connectivity index (χ0v) is 7.99. The summed E-state index contributed by atoms with van der Waals surface area (Å²) in [7, 11) is 1.38. The van der Waals surface area contributed by atoms with Crippen LogP contribution in [0.3, 0.4) is 0 Å². The topological polar surface area (TPSA) is 26.3 Å². The Morgan fingerprint density at radius 1 is 1.69 bits per heavy atom. The van der Waals surface area contributed by atoms with Gasteiger partial charge in [0.2, 0.25) is 0 Å². The highest BCUT2D eigenvalue weighted by molar-refractivity contribution is 5.81. The molecule has 0 saturated carbocycles. The molecule has 1 aliphatic rings. The summed E-state index contributed by atoms with van der Waals surface area (Å²) in [6.07, 6.45) is 10.5. The molecule has 0 heterocycles. The molecule has 2 nitrogen and oxygen atoms in total. The molecule has 0 aromatic carbocycles. The molecule has 1 rings (SSSR count). The lowest BCUT2D eigenvalue weighted by Gasteiger charge is -2.11. The summed E-state index contributed by atoms with van der Waals surface area (Å²) in [6.45, 7) is 2.09. The molecule has 0 aliphatic heterocycles. The van der Waals surface area contributed by atoms with Crippen molar-refractivity contribution in [1.82, 2.24) is 0 Å².